The van der Waals surface area contributed by atoms with Crippen molar-refractivity contribution >= 4 is 150 Å². The smallest absolute Gasteiger partial charge is 0.296 e. The van der Waals surface area contributed by atoms with Gasteiger partial charge in [0.2, 0.25) is 0 Å². The van der Waals surface area contributed by atoms with Gasteiger partial charge in [-0.15, -0.1) is 20.5 Å². The van der Waals surface area contributed by atoms with E-state index < -0.39 is 173 Å². The zero-order chi connectivity index (χ0) is 62.6. The van der Waals surface area contributed by atoms with Gasteiger partial charge in [-0.1, -0.05) is 24.3 Å². The van der Waals surface area contributed by atoms with Crippen LogP contribution in [0, 0.1) is 0 Å². The summed E-state index contributed by atoms with van der Waals surface area (Å²) in [6, 6.07) is 14.0. The minimum absolute atomic E-state index is 0.253. The van der Waals surface area contributed by atoms with Crippen LogP contribution in [-0.2, 0) is 70.8 Å². The van der Waals surface area contributed by atoms with Crippen molar-refractivity contribution < 1.29 is 90.8 Å². The first kappa shape index (κ1) is 62.7. The van der Waals surface area contributed by atoms with E-state index in [0.29, 0.717) is 30.3 Å². The summed E-state index contributed by atoms with van der Waals surface area (Å²) in [5, 5.41) is 30.1. The van der Waals surface area contributed by atoms with Gasteiger partial charge in [-0.2, -0.15) is 79.4 Å². The van der Waals surface area contributed by atoms with E-state index in [1.54, 1.807) is 0 Å². The average Bonchev–Trinajstić information content (AvgIpc) is 1.42. The van der Waals surface area contributed by atoms with Crippen molar-refractivity contribution in [3.63, 3.8) is 0 Å². The molecule has 42 heteroatoms. The lowest BCUT2D eigenvalue weighted by atomic mass is 10.0. The Bertz CT molecular complexity index is 4950. The summed E-state index contributed by atoms with van der Waals surface area (Å²) in [6.07, 6.45) is 0. The van der Waals surface area contributed by atoms with Gasteiger partial charge in [-0.05, 0) is 78.9 Å². The number of rotatable bonds is 17. The minimum atomic E-state index is -5.40. The molecule has 7 rings (SSSR count). The zero-order valence-corrected chi connectivity index (χ0v) is 46.8. The lowest BCUT2D eigenvalue weighted by Gasteiger charge is -2.13. The van der Waals surface area contributed by atoms with Gasteiger partial charge >= 0.3 is 0 Å². The third kappa shape index (κ3) is 13.9. The summed E-state index contributed by atoms with van der Waals surface area (Å²) in [5.41, 5.74) is 25.5. The summed E-state index contributed by atoms with van der Waals surface area (Å²) < 4.78 is 244. The molecule has 442 valence electrons. The van der Waals surface area contributed by atoms with Crippen molar-refractivity contribution in [1.29, 1.82) is 0 Å². The molecule has 0 aliphatic carbocycles. The van der Waals surface area contributed by atoms with Crippen LogP contribution in [0.1, 0.15) is 0 Å². The molecule has 0 spiro atoms. The molecule has 0 aromatic heterocycles. The Kier molecular flexibility index (Phi) is 16.7. The Morgan fingerprint density at radius 3 is 0.774 bits per heavy atom. The maximum atomic E-state index is 12.8. The van der Waals surface area contributed by atoms with Crippen molar-refractivity contribution in [3.8, 4) is 22.3 Å². The molecule has 84 heavy (non-hydrogen) atoms. The van der Waals surface area contributed by atoms with Crippen LogP contribution in [-0.4, -0.2) is 90.8 Å². The lowest BCUT2D eigenvalue weighted by Crippen LogP contribution is -2.05. The third-order valence-electron chi connectivity index (χ3n) is 11.1. The highest BCUT2D eigenvalue weighted by molar-refractivity contribution is 7.87. The van der Waals surface area contributed by atoms with Gasteiger partial charge in [-0.3, -0.25) is 31.9 Å². The minimum Gasteiger partial charge on any atom is -0.398 e. The number of nitrogens with zero attached hydrogens (tertiary/aromatic N) is 8. The van der Waals surface area contributed by atoms with E-state index in [4.69, 9.17) is 34.4 Å². The SMILES string of the molecule is Nc1cc(N)c(S(=O)(=O)O)cc1N=Nc1ccc(-c2ccc(N=Nc3cc(S(=O)(=O)O)c(N)c(N=Nc4ccc(-c5ccc(N=Nc6cc(S(=O)(=O)O)c(N)cc6N)cc5S(=O)(=O)O)c(S(=O)(=O)O)c4)c3N)cc2S(=O)(=O)O)c(S(=O)(=O)O)c1. The van der Waals surface area contributed by atoms with Gasteiger partial charge in [-0.25, -0.2) is 0 Å². The van der Waals surface area contributed by atoms with Crippen molar-refractivity contribution in [1.82, 2.24) is 0 Å². The predicted octanol–water partition coefficient (Wildman–Crippen LogP) is 6.90. The van der Waals surface area contributed by atoms with Crippen LogP contribution in [0.25, 0.3) is 22.3 Å². The summed E-state index contributed by atoms with van der Waals surface area (Å²) in [7, 11) is -36.5. The Hall–Kier alpha value is -8.89. The molecule has 0 aliphatic rings. The lowest BCUT2D eigenvalue weighted by molar-refractivity contribution is 0.480. The number of nitrogen functional groups attached to an aromatic ring is 6. The number of anilines is 6. The van der Waals surface area contributed by atoms with E-state index in [2.05, 4.69) is 40.9 Å². The molecule has 0 fully saturated rings. The molecule has 7 aromatic carbocycles. The maximum Gasteiger partial charge on any atom is 0.296 e. The molecule has 0 bridgehead atoms. The van der Waals surface area contributed by atoms with Crippen LogP contribution in [0.2, 0.25) is 0 Å². The second-order valence-corrected chi connectivity index (χ2v) is 26.5. The second kappa shape index (κ2) is 22.4. The third-order valence-corrected chi connectivity index (χ3v) is 17.4. The molecule has 0 saturated carbocycles. The van der Waals surface area contributed by atoms with Crippen LogP contribution in [0.4, 0.5) is 79.6 Å². The topological polar surface area (TPSA) is 636 Å². The molecule has 19 N–H and O–H groups in total. The molecular weight excluding hydrogens is 1260 g/mol. The molecule has 0 amide bonds. The second-order valence-electron chi connectivity index (χ2n) is 16.8. The maximum absolute atomic E-state index is 12.8. The zero-order valence-electron chi connectivity index (χ0n) is 41.1. The summed E-state index contributed by atoms with van der Waals surface area (Å²) >= 11 is 0. The van der Waals surface area contributed by atoms with Crippen molar-refractivity contribution in [2.75, 3.05) is 34.4 Å². The number of hydrogen-bond acceptors (Lipinski definition) is 28. The molecule has 7 aromatic rings. The average molecular weight is 1300 g/mol. The van der Waals surface area contributed by atoms with Crippen LogP contribution in [0.3, 0.4) is 0 Å². The first-order valence-electron chi connectivity index (χ1n) is 21.7. The van der Waals surface area contributed by atoms with Crippen LogP contribution < -0.4 is 34.4 Å². The first-order valence-corrected chi connectivity index (χ1v) is 31.8. The van der Waals surface area contributed by atoms with E-state index in [0.717, 1.165) is 72.8 Å². The van der Waals surface area contributed by atoms with Crippen LogP contribution >= 0.6 is 0 Å². The molecule has 0 radical (unpaired) electrons. The summed E-state index contributed by atoms with van der Waals surface area (Å²) in [5.74, 6) is 0. The first-order chi connectivity index (χ1) is 38.5. The largest absolute Gasteiger partial charge is 0.398 e. The van der Waals surface area contributed by atoms with E-state index >= 15 is 0 Å². The van der Waals surface area contributed by atoms with E-state index in [1.807, 2.05) is 0 Å². The van der Waals surface area contributed by atoms with Gasteiger partial charge in [0.15, 0.2) is 0 Å². The van der Waals surface area contributed by atoms with E-state index in [1.165, 1.54) is 0 Å². The van der Waals surface area contributed by atoms with Gasteiger partial charge in [0, 0.05) is 22.3 Å². The number of hydrogen-bond donors (Lipinski definition) is 13. The fourth-order valence-corrected chi connectivity index (χ4v) is 12.1. The highest BCUT2D eigenvalue weighted by Crippen LogP contribution is 2.45. The highest BCUT2D eigenvalue weighted by Gasteiger charge is 2.28. The molecular formula is C42H36N14O21S7. The standard InChI is InChI=1S/C42H36N14O21S7/c43-26-13-28(45)37(82(69,70)71)15-30(26)53-49-18-1-5-22(33(9-18)78(57,58)59)24-7-3-20(11-35(24)80(63,64)65)51-55-32-17-39(84(75,76)77)41(48)42(40(32)47)56-52-21-4-8-25(36(12-21)81(66,67)68)23-6-2-19(10-34(23)79(60,61)62)50-54-31-16-38(83(72,73)74)29(46)14-27(31)44/h1-17H,43-48H2,(H,57,58,59)(H,60,61,62)(H,63,64,65)(H,66,67,68)(H,69,70,71)(H,72,73,74)(H,75,76,77). The molecule has 0 atom stereocenters. The highest BCUT2D eigenvalue weighted by atomic mass is 32.2. The fraction of sp³-hybridized carbons (Fsp3) is 0. The van der Waals surface area contributed by atoms with Crippen LogP contribution in [0.15, 0.2) is 178 Å². The Morgan fingerprint density at radius 2 is 0.500 bits per heavy atom. The number of azo groups is 4. The summed E-state index contributed by atoms with van der Waals surface area (Å²) in [4.78, 5) is -7.02. The van der Waals surface area contributed by atoms with Gasteiger partial charge in [0.1, 0.15) is 57.0 Å². The van der Waals surface area contributed by atoms with Crippen molar-refractivity contribution in [2.24, 2.45) is 40.9 Å². The molecule has 0 aliphatic heterocycles. The molecule has 0 unspecified atom stereocenters. The molecule has 0 heterocycles. The Balaban J connectivity index is 1.25. The van der Waals surface area contributed by atoms with Crippen LogP contribution in [0.5, 0.6) is 0 Å². The van der Waals surface area contributed by atoms with E-state index in [9.17, 15) is 90.8 Å². The van der Waals surface area contributed by atoms with Gasteiger partial charge in [0.05, 0.1) is 56.9 Å². The van der Waals surface area contributed by atoms with Gasteiger partial charge in [0.25, 0.3) is 70.8 Å². The predicted molar refractivity (Wildman–Crippen MR) is 295 cm³/mol. The number of benzene rings is 7. The fourth-order valence-electron chi connectivity index (χ4n) is 7.37. The quantitative estimate of drug-likeness (QED) is 0.0250. The van der Waals surface area contributed by atoms with Crippen molar-refractivity contribution in [3.05, 3.63) is 103 Å². The Morgan fingerprint density at radius 1 is 0.250 bits per heavy atom. The van der Waals surface area contributed by atoms with Crippen molar-refractivity contribution in [2.45, 2.75) is 34.3 Å². The Labute approximate surface area is 473 Å². The monoisotopic (exact) mass is 1300 g/mol. The summed E-state index contributed by atoms with van der Waals surface area (Å²) in [6.45, 7) is 0. The normalized spacial score (nSPS) is 13.2. The molecule has 35 nitrogen and oxygen atoms in total. The van der Waals surface area contributed by atoms with E-state index in [-0.39, 0.29) is 34.1 Å². The number of nitrogens with two attached hydrogens (primary N) is 6. The molecule has 0 saturated heterocycles. The van der Waals surface area contributed by atoms with Gasteiger partial charge < -0.3 is 34.4 Å².